The largest absolute Gasteiger partial charge is 0.497 e. The van der Waals surface area contributed by atoms with Crippen molar-refractivity contribution in [2.24, 2.45) is 0 Å². The molecule has 2 nitrogen and oxygen atoms in total. The Bertz CT molecular complexity index is 289. The van der Waals surface area contributed by atoms with E-state index in [9.17, 15) is 0 Å². The molecule has 0 aliphatic carbocycles. The molecule has 0 unspecified atom stereocenters. The quantitative estimate of drug-likeness (QED) is 0.668. The Kier molecular flexibility index (Phi) is 3.52. The molecular weight excluding hydrogens is 287 g/mol. The topological polar surface area (TPSA) is 18.5 Å². The molecule has 0 fully saturated rings. The maximum absolute atomic E-state index is 5.11. The van der Waals surface area contributed by atoms with Gasteiger partial charge in [0.2, 0.25) is 0 Å². The fraction of sp³-hybridized carbons (Fsp3) is 0.250. The van der Waals surface area contributed by atoms with Gasteiger partial charge in [-0.25, -0.2) is 0 Å². The zero-order valence-electron chi connectivity index (χ0n) is 6.80. The lowest BCUT2D eigenvalue weighted by Crippen LogP contribution is -1.90. The van der Waals surface area contributed by atoms with Crippen LogP contribution in [0.25, 0.3) is 0 Å². The number of ether oxygens (including phenoxy) is 2. The third kappa shape index (κ3) is 1.98. The molecule has 12 heavy (non-hydrogen) atoms. The molecule has 0 N–H and O–H groups in total. The minimum Gasteiger partial charge on any atom is -0.497 e. The Morgan fingerprint density at radius 1 is 1.25 bits per heavy atom. The van der Waals surface area contributed by atoms with E-state index in [2.05, 4.69) is 35.2 Å². The van der Waals surface area contributed by atoms with Crippen LogP contribution in [0.1, 0.15) is 0 Å². The molecule has 4 heteroatoms. The molecule has 1 aromatic carbocycles. The summed E-state index contributed by atoms with van der Waals surface area (Å²) in [6.45, 7) is 0. The second kappa shape index (κ2) is 4.23. The number of benzene rings is 1. The first-order valence-electron chi connectivity index (χ1n) is 3.29. The number of halogens is 1. The van der Waals surface area contributed by atoms with E-state index >= 15 is 0 Å². The van der Waals surface area contributed by atoms with Crippen LogP contribution in [0.5, 0.6) is 11.5 Å². The van der Waals surface area contributed by atoms with Crippen molar-refractivity contribution in [2.75, 3.05) is 14.2 Å². The van der Waals surface area contributed by atoms with E-state index in [-0.39, 0.29) is 0 Å². The number of rotatable bonds is 2. The molecule has 0 aliphatic heterocycles. The van der Waals surface area contributed by atoms with E-state index in [1.807, 2.05) is 12.1 Å². The summed E-state index contributed by atoms with van der Waals surface area (Å²) in [5.41, 5.74) is 0. The highest BCUT2D eigenvalue weighted by Gasteiger charge is 2.05. The molecular formula is C8H9IO2S. The molecule has 0 spiro atoms. The minimum absolute atomic E-state index is 0.738. The van der Waals surface area contributed by atoms with Crippen LogP contribution >= 0.6 is 35.2 Å². The van der Waals surface area contributed by atoms with E-state index in [1.165, 1.54) is 0 Å². The van der Waals surface area contributed by atoms with Crippen LogP contribution in [-0.4, -0.2) is 14.2 Å². The van der Waals surface area contributed by atoms with Gasteiger partial charge in [-0.15, -0.1) is 12.6 Å². The Labute approximate surface area is 90.8 Å². The summed E-state index contributed by atoms with van der Waals surface area (Å²) < 4.78 is 11.2. The molecule has 0 radical (unpaired) electrons. The monoisotopic (exact) mass is 296 g/mol. The van der Waals surface area contributed by atoms with Gasteiger partial charge in [-0.1, -0.05) is 0 Å². The van der Waals surface area contributed by atoms with Crippen LogP contribution in [0.2, 0.25) is 0 Å². The summed E-state index contributed by atoms with van der Waals surface area (Å²) in [6.07, 6.45) is 0. The number of methoxy groups -OCH3 is 2. The number of thiol groups is 1. The summed E-state index contributed by atoms with van der Waals surface area (Å²) in [7, 11) is 3.24. The van der Waals surface area contributed by atoms with Crippen LogP contribution in [-0.2, 0) is 0 Å². The van der Waals surface area contributed by atoms with Gasteiger partial charge in [-0.2, -0.15) is 0 Å². The van der Waals surface area contributed by atoms with Crippen LogP contribution < -0.4 is 9.47 Å². The van der Waals surface area contributed by atoms with Gasteiger partial charge >= 0.3 is 0 Å². The van der Waals surface area contributed by atoms with Crippen molar-refractivity contribution >= 4 is 35.2 Å². The molecule has 0 heterocycles. The molecule has 0 atom stereocenters. The van der Waals surface area contributed by atoms with Crippen molar-refractivity contribution in [2.45, 2.75) is 4.90 Å². The van der Waals surface area contributed by atoms with Crippen LogP contribution in [0, 0.1) is 3.57 Å². The normalized spacial score (nSPS) is 9.67. The van der Waals surface area contributed by atoms with Crippen molar-refractivity contribution in [3.63, 3.8) is 0 Å². The van der Waals surface area contributed by atoms with Crippen molar-refractivity contribution in [1.29, 1.82) is 0 Å². The van der Waals surface area contributed by atoms with E-state index in [1.54, 1.807) is 14.2 Å². The Morgan fingerprint density at radius 2 is 1.92 bits per heavy atom. The third-order valence-corrected chi connectivity index (χ3v) is 3.20. The van der Waals surface area contributed by atoms with Gasteiger partial charge in [0.1, 0.15) is 11.5 Å². The van der Waals surface area contributed by atoms with Gasteiger partial charge in [-0.05, 0) is 28.7 Å². The molecule has 0 bridgehead atoms. The molecule has 0 saturated carbocycles. The first kappa shape index (κ1) is 9.98. The van der Waals surface area contributed by atoms with Crippen molar-refractivity contribution in [3.05, 3.63) is 15.7 Å². The van der Waals surface area contributed by atoms with Crippen molar-refractivity contribution in [3.8, 4) is 11.5 Å². The van der Waals surface area contributed by atoms with Gasteiger partial charge in [0.05, 0.1) is 19.1 Å². The first-order valence-corrected chi connectivity index (χ1v) is 4.82. The first-order chi connectivity index (χ1) is 5.69. The third-order valence-electron chi connectivity index (χ3n) is 1.46. The Morgan fingerprint density at radius 3 is 2.42 bits per heavy atom. The predicted molar refractivity (Wildman–Crippen MR) is 59.5 cm³/mol. The highest BCUT2D eigenvalue weighted by atomic mass is 127. The second-order valence-corrected chi connectivity index (χ2v) is 3.77. The van der Waals surface area contributed by atoms with Crippen molar-refractivity contribution < 1.29 is 9.47 Å². The van der Waals surface area contributed by atoms with Gasteiger partial charge in [0, 0.05) is 9.64 Å². The van der Waals surface area contributed by atoms with Crippen LogP contribution in [0.3, 0.4) is 0 Å². The average molecular weight is 296 g/mol. The van der Waals surface area contributed by atoms with Gasteiger partial charge in [-0.3, -0.25) is 0 Å². The lowest BCUT2D eigenvalue weighted by atomic mass is 10.3. The van der Waals surface area contributed by atoms with Crippen LogP contribution in [0.4, 0.5) is 0 Å². The van der Waals surface area contributed by atoms with E-state index in [0.29, 0.717) is 0 Å². The SMILES string of the molecule is COc1cc(I)c(S)c(OC)c1. The molecule has 0 aromatic heterocycles. The zero-order valence-corrected chi connectivity index (χ0v) is 9.85. The van der Waals surface area contributed by atoms with Gasteiger partial charge in [0.15, 0.2) is 0 Å². The second-order valence-electron chi connectivity index (χ2n) is 2.16. The van der Waals surface area contributed by atoms with Crippen LogP contribution in [0.15, 0.2) is 17.0 Å². The maximum atomic E-state index is 5.11. The lowest BCUT2D eigenvalue weighted by Gasteiger charge is -2.08. The molecule has 66 valence electrons. The van der Waals surface area contributed by atoms with Crippen molar-refractivity contribution in [1.82, 2.24) is 0 Å². The summed E-state index contributed by atoms with van der Waals surface area (Å²) >= 11 is 6.48. The summed E-state index contributed by atoms with van der Waals surface area (Å²) in [5.74, 6) is 1.52. The fourth-order valence-electron chi connectivity index (χ4n) is 0.824. The highest BCUT2D eigenvalue weighted by molar-refractivity contribution is 14.1. The summed E-state index contributed by atoms with van der Waals surface area (Å²) in [5, 5.41) is 0. The summed E-state index contributed by atoms with van der Waals surface area (Å²) in [6, 6.07) is 3.72. The van der Waals surface area contributed by atoms with E-state index in [4.69, 9.17) is 9.47 Å². The average Bonchev–Trinajstić information content (AvgIpc) is 2.09. The Hall–Kier alpha value is -0.100. The molecule has 1 aromatic rings. The molecule has 1 rings (SSSR count). The zero-order chi connectivity index (χ0) is 9.14. The lowest BCUT2D eigenvalue weighted by molar-refractivity contribution is 0.387. The van der Waals surface area contributed by atoms with E-state index in [0.717, 1.165) is 20.0 Å². The molecule has 0 saturated heterocycles. The molecule has 0 aliphatic rings. The highest BCUT2D eigenvalue weighted by Crippen LogP contribution is 2.32. The minimum atomic E-state index is 0.738. The van der Waals surface area contributed by atoms with Gasteiger partial charge in [0.25, 0.3) is 0 Å². The maximum Gasteiger partial charge on any atom is 0.136 e. The molecule has 0 amide bonds. The Balaban J connectivity index is 3.19. The summed E-state index contributed by atoms with van der Waals surface area (Å²) in [4.78, 5) is 0.846. The standard InChI is InChI=1S/C8H9IO2S/c1-10-5-3-6(9)8(12)7(4-5)11-2/h3-4,12H,1-2H3. The number of hydrogen-bond acceptors (Lipinski definition) is 3. The van der Waals surface area contributed by atoms with E-state index < -0.39 is 0 Å². The number of hydrogen-bond donors (Lipinski definition) is 1. The van der Waals surface area contributed by atoms with Gasteiger partial charge < -0.3 is 9.47 Å². The predicted octanol–water partition coefficient (Wildman–Crippen LogP) is 2.60. The fourth-order valence-corrected chi connectivity index (χ4v) is 1.62. The smallest absolute Gasteiger partial charge is 0.136 e.